The summed E-state index contributed by atoms with van der Waals surface area (Å²) in [5.41, 5.74) is 2.03. The largest absolute Gasteiger partial charge is 0.465 e. The van der Waals surface area contributed by atoms with Crippen molar-refractivity contribution in [2.75, 3.05) is 7.11 Å². The molecule has 0 atom stereocenters. The Kier molecular flexibility index (Phi) is 4.19. The van der Waals surface area contributed by atoms with E-state index in [9.17, 15) is 9.59 Å². The van der Waals surface area contributed by atoms with E-state index in [0.717, 1.165) is 21.3 Å². The summed E-state index contributed by atoms with van der Waals surface area (Å²) in [6.45, 7) is 3.80. The van der Waals surface area contributed by atoms with Crippen molar-refractivity contribution in [2.24, 2.45) is 0 Å². The number of aromatic nitrogens is 4. The fraction of sp³-hybridized carbons (Fsp3) is 0.211. The first-order valence-corrected chi connectivity index (χ1v) is 9.11. The van der Waals surface area contributed by atoms with E-state index in [0.29, 0.717) is 21.5 Å². The van der Waals surface area contributed by atoms with Crippen LogP contribution in [0.25, 0.3) is 21.1 Å². The maximum atomic E-state index is 12.8. The molecule has 4 rings (SSSR count). The molecule has 0 spiro atoms. The van der Waals surface area contributed by atoms with E-state index >= 15 is 0 Å². The van der Waals surface area contributed by atoms with Gasteiger partial charge in [-0.1, -0.05) is 23.4 Å². The Morgan fingerprint density at radius 3 is 2.78 bits per heavy atom. The maximum Gasteiger partial charge on any atom is 0.340 e. The van der Waals surface area contributed by atoms with Gasteiger partial charge in [0, 0.05) is 10.3 Å². The summed E-state index contributed by atoms with van der Waals surface area (Å²) in [5.74, 6) is -0.491. The normalized spacial score (nSPS) is 11.2. The number of ether oxygens (including phenoxy) is 1. The third kappa shape index (κ3) is 2.87. The smallest absolute Gasteiger partial charge is 0.340 e. The van der Waals surface area contributed by atoms with Crippen LogP contribution in [0.15, 0.2) is 35.1 Å². The van der Waals surface area contributed by atoms with Gasteiger partial charge in [0.05, 0.1) is 35.8 Å². The van der Waals surface area contributed by atoms with E-state index in [1.54, 1.807) is 6.07 Å². The summed E-state index contributed by atoms with van der Waals surface area (Å²) >= 11 is 1.42. The molecular formula is C19H16N4O3S. The molecule has 7 nitrogen and oxygen atoms in total. The van der Waals surface area contributed by atoms with Crippen LogP contribution < -0.4 is 5.56 Å². The van der Waals surface area contributed by atoms with Crippen molar-refractivity contribution in [3.8, 4) is 0 Å². The van der Waals surface area contributed by atoms with Gasteiger partial charge in [-0.15, -0.1) is 16.4 Å². The van der Waals surface area contributed by atoms with Gasteiger partial charge in [0.25, 0.3) is 5.56 Å². The quantitative estimate of drug-likeness (QED) is 0.508. The van der Waals surface area contributed by atoms with Gasteiger partial charge in [0.15, 0.2) is 4.83 Å². The number of methoxy groups -OCH3 is 1. The zero-order valence-electron chi connectivity index (χ0n) is 15.0. The minimum Gasteiger partial charge on any atom is -0.465 e. The van der Waals surface area contributed by atoms with Crippen LogP contribution in [-0.2, 0) is 11.3 Å². The zero-order chi connectivity index (χ0) is 19.1. The van der Waals surface area contributed by atoms with Crippen LogP contribution in [0, 0.1) is 13.8 Å². The standard InChI is InChI=1S/C19H16N4O3S/c1-10-8-13-17(27-10)21-22-23(18(13)24)9-15-16(19(25)26-3)11(2)12-6-4-5-7-14(12)20-15/h4-8H,9H2,1-3H3. The molecule has 0 aliphatic heterocycles. The van der Waals surface area contributed by atoms with E-state index < -0.39 is 5.97 Å². The summed E-state index contributed by atoms with van der Waals surface area (Å²) in [4.78, 5) is 31.4. The summed E-state index contributed by atoms with van der Waals surface area (Å²) < 4.78 is 6.18. The number of nitrogens with zero attached hydrogens (tertiary/aromatic N) is 4. The van der Waals surface area contributed by atoms with Gasteiger partial charge in [-0.25, -0.2) is 14.5 Å². The average molecular weight is 380 g/mol. The number of aryl methyl sites for hydroxylation is 2. The molecule has 0 aliphatic rings. The van der Waals surface area contributed by atoms with Gasteiger partial charge < -0.3 is 4.74 Å². The molecule has 0 fully saturated rings. The summed E-state index contributed by atoms with van der Waals surface area (Å²) in [7, 11) is 1.33. The topological polar surface area (TPSA) is 87.0 Å². The van der Waals surface area contributed by atoms with Gasteiger partial charge in [0.1, 0.15) is 0 Å². The fourth-order valence-corrected chi connectivity index (χ4v) is 3.99. The molecule has 3 aromatic heterocycles. The van der Waals surface area contributed by atoms with E-state index in [-0.39, 0.29) is 12.1 Å². The molecule has 0 N–H and O–H groups in total. The lowest BCUT2D eigenvalue weighted by molar-refractivity contribution is 0.0598. The van der Waals surface area contributed by atoms with Gasteiger partial charge in [0.2, 0.25) is 0 Å². The van der Waals surface area contributed by atoms with E-state index in [1.165, 1.54) is 23.1 Å². The number of rotatable bonds is 3. The first-order valence-electron chi connectivity index (χ1n) is 8.30. The van der Waals surface area contributed by atoms with Crippen LogP contribution in [0.3, 0.4) is 0 Å². The summed E-state index contributed by atoms with van der Waals surface area (Å²) in [6, 6.07) is 9.34. The monoisotopic (exact) mass is 380 g/mol. The number of benzene rings is 1. The van der Waals surface area contributed by atoms with Crippen molar-refractivity contribution in [3.05, 3.63) is 62.4 Å². The maximum absolute atomic E-state index is 12.8. The van der Waals surface area contributed by atoms with Crippen molar-refractivity contribution in [2.45, 2.75) is 20.4 Å². The Bertz CT molecular complexity index is 1260. The molecule has 3 heterocycles. The van der Waals surface area contributed by atoms with Crippen molar-refractivity contribution in [1.82, 2.24) is 20.0 Å². The van der Waals surface area contributed by atoms with E-state index in [4.69, 9.17) is 4.74 Å². The average Bonchev–Trinajstić information content (AvgIpc) is 3.05. The minimum absolute atomic E-state index is 0.0345. The number of carbonyl (C=O) groups excluding carboxylic acids is 1. The van der Waals surface area contributed by atoms with Gasteiger partial charge in [-0.2, -0.15) is 0 Å². The molecule has 0 saturated carbocycles. The second kappa shape index (κ2) is 6.55. The zero-order valence-corrected chi connectivity index (χ0v) is 15.8. The number of hydrogen-bond donors (Lipinski definition) is 0. The highest BCUT2D eigenvalue weighted by atomic mass is 32.1. The fourth-order valence-electron chi connectivity index (χ4n) is 3.18. The lowest BCUT2D eigenvalue weighted by Crippen LogP contribution is -2.26. The number of thiophene rings is 1. The van der Waals surface area contributed by atoms with Gasteiger partial charge in [-0.3, -0.25) is 4.79 Å². The summed E-state index contributed by atoms with van der Waals surface area (Å²) in [6.07, 6.45) is 0. The first-order chi connectivity index (χ1) is 13.0. The van der Waals surface area contributed by atoms with Crippen molar-refractivity contribution in [1.29, 1.82) is 0 Å². The first kappa shape index (κ1) is 17.3. The minimum atomic E-state index is -0.491. The molecule has 0 unspecified atom stereocenters. The molecular weight excluding hydrogens is 364 g/mol. The van der Waals surface area contributed by atoms with Crippen molar-refractivity contribution in [3.63, 3.8) is 0 Å². The van der Waals surface area contributed by atoms with Crippen LogP contribution in [0.5, 0.6) is 0 Å². The molecule has 1 aromatic carbocycles. The predicted molar refractivity (Wildman–Crippen MR) is 103 cm³/mol. The van der Waals surface area contributed by atoms with Crippen LogP contribution >= 0.6 is 11.3 Å². The van der Waals surface area contributed by atoms with Gasteiger partial charge >= 0.3 is 5.97 Å². The number of fused-ring (bicyclic) bond motifs is 2. The number of para-hydroxylation sites is 1. The predicted octanol–water partition coefficient (Wildman–Crippen LogP) is 2.85. The second-order valence-electron chi connectivity index (χ2n) is 6.20. The van der Waals surface area contributed by atoms with E-state index in [1.807, 2.05) is 38.1 Å². The SMILES string of the molecule is COC(=O)c1c(Cn2nnc3sc(C)cc3c2=O)nc2ccccc2c1C. The van der Waals surface area contributed by atoms with Crippen molar-refractivity contribution >= 4 is 38.4 Å². The Morgan fingerprint density at radius 2 is 2.00 bits per heavy atom. The van der Waals surface area contributed by atoms with Crippen LogP contribution in [0.1, 0.15) is 26.5 Å². The molecule has 4 aromatic rings. The highest BCUT2D eigenvalue weighted by Gasteiger charge is 2.21. The Morgan fingerprint density at radius 1 is 1.22 bits per heavy atom. The number of hydrogen-bond acceptors (Lipinski definition) is 7. The molecule has 27 heavy (non-hydrogen) atoms. The number of pyridine rings is 1. The Hall–Kier alpha value is -3.13. The summed E-state index contributed by atoms with van der Waals surface area (Å²) in [5, 5.41) is 9.53. The third-order valence-corrected chi connectivity index (χ3v) is 5.39. The number of carbonyl (C=O) groups is 1. The van der Waals surface area contributed by atoms with Crippen LogP contribution in [0.2, 0.25) is 0 Å². The lowest BCUT2D eigenvalue weighted by atomic mass is 10.0. The molecule has 0 bridgehead atoms. The highest BCUT2D eigenvalue weighted by Crippen LogP contribution is 2.24. The lowest BCUT2D eigenvalue weighted by Gasteiger charge is -2.13. The highest BCUT2D eigenvalue weighted by molar-refractivity contribution is 7.18. The number of esters is 1. The van der Waals surface area contributed by atoms with Crippen LogP contribution in [-0.4, -0.2) is 33.1 Å². The molecule has 136 valence electrons. The Balaban J connectivity index is 1.92. The second-order valence-corrected chi connectivity index (χ2v) is 7.43. The van der Waals surface area contributed by atoms with Gasteiger partial charge in [-0.05, 0) is 31.5 Å². The molecule has 8 heteroatoms. The third-order valence-electron chi connectivity index (χ3n) is 4.46. The van der Waals surface area contributed by atoms with Crippen molar-refractivity contribution < 1.29 is 9.53 Å². The molecule has 0 aliphatic carbocycles. The van der Waals surface area contributed by atoms with Crippen LogP contribution in [0.4, 0.5) is 0 Å². The van der Waals surface area contributed by atoms with E-state index in [2.05, 4.69) is 15.3 Å². The molecule has 0 radical (unpaired) electrons. The Labute approximate surface area is 158 Å². The molecule has 0 amide bonds. The molecule has 0 saturated heterocycles.